The number of nitrogens with zero attached hydrogens (tertiary/aromatic N) is 5. The van der Waals surface area contributed by atoms with Gasteiger partial charge in [-0.15, -0.1) is 0 Å². The highest BCUT2D eigenvalue weighted by atomic mass is 16.6. The standard InChI is InChI=1S/C16H13N5O2/c1-22-16-5-2-11(8-21-10-17-9-18-21)6-13(16)12-3-4-14-15(7-12)20-23-19-14/h2-7,9-10H,8H2,1H3. The molecule has 2 heterocycles. The average Bonchev–Trinajstić information content (AvgIpc) is 3.25. The van der Waals surface area contributed by atoms with Crippen LogP contribution in [0.25, 0.3) is 22.2 Å². The summed E-state index contributed by atoms with van der Waals surface area (Å²) >= 11 is 0. The second-order valence-electron chi connectivity index (χ2n) is 5.10. The van der Waals surface area contributed by atoms with E-state index in [1.54, 1.807) is 18.1 Å². The minimum Gasteiger partial charge on any atom is -0.496 e. The molecule has 0 aliphatic rings. The largest absolute Gasteiger partial charge is 0.496 e. The van der Waals surface area contributed by atoms with Crippen molar-refractivity contribution in [3.63, 3.8) is 0 Å². The summed E-state index contributed by atoms with van der Waals surface area (Å²) in [5.41, 5.74) is 4.52. The van der Waals surface area contributed by atoms with Gasteiger partial charge in [0.25, 0.3) is 0 Å². The molecule has 23 heavy (non-hydrogen) atoms. The second-order valence-corrected chi connectivity index (χ2v) is 5.10. The molecule has 0 radical (unpaired) electrons. The van der Waals surface area contributed by atoms with Gasteiger partial charge in [-0.05, 0) is 45.7 Å². The van der Waals surface area contributed by atoms with Gasteiger partial charge in [0.15, 0.2) is 0 Å². The van der Waals surface area contributed by atoms with Gasteiger partial charge in [-0.3, -0.25) is 0 Å². The maximum atomic E-state index is 5.49. The molecule has 0 bridgehead atoms. The van der Waals surface area contributed by atoms with E-state index < -0.39 is 0 Å². The number of hydrogen-bond donors (Lipinski definition) is 0. The van der Waals surface area contributed by atoms with Crippen LogP contribution in [0.2, 0.25) is 0 Å². The van der Waals surface area contributed by atoms with E-state index in [4.69, 9.17) is 9.37 Å². The Balaban J connectivity index is 1.78. The van der Waals surface area contributed by atoms with Gasteiger partial charge in [0, 0.05) is 5.56 Å². The molecule has 7 nitrogen and oxygen atoms in total. The molecule has 0 unspecified atom stereocenters. The second kappa shape index (κ2) is 5.53. The number of ether oxygens (including phenoxy) is 1. The van der Waals surface area contributed by atoms with Crippen LogP contribution >= 0.6 is 0 Å². The Morgan fingerprint density at radius 2 is 2.00 bits per heavy atom. The quantitative estimate of drug-likeness (QED) is 0.576. The van der Waals surface area contributed by atoms with Crippen molar-refractivity contribution in [2.24, 2.45) is 0 Å². The van der Waals surface area contributed by atoms with Crippen LogP contribution < -0.4 is 4.74 Å². The maximum Gasteiger partial charge on any atom is 0.137 e. The zero-order valence-electron chi connectivity index (χ0n) is 12.4. The lowest BCUT2D eigenvalue weighted by atomic mass is 10.0. The molecular weight excluding hydrogens is 294 g/mol. The lowest BCUT2D eigenvalue weighted by Crippen LogP contribution is -2.00. The van der Waals surface area contributed by atoms with Crippen molar-refractivity contribution < 1.29 is 9.37 Å². The van der Waals surface area contributed by atoms with Gasteiger partial charge in [0.2, 0.25) is 0 Å². The molecule has 0 saturated heterocycles. The molecule has 0 aliphatic carbocycles. The van der Waals surface area contributed by atoms with Gasteiger partial charge in [-0.2, -0.15) is 5.10 Å². The maximum absolute atomic E-state index is 5.49. The molecule has 4 rings (SSSR count). The number of fused-ring (bicyclic) bond motifs is 1. The fourth-order valence-corrected chi connectivity index (χ4v) is 2.53. The van der Waals surface area contributed by atoms with Crippen LogP contribution in [0.15, 0.2) is 53.7 Å². The summed E-state index contributed by atoms with van der Waals surface area (Å²) in [6, 6.07) is 11.8. The monoisotopic (exact) mass is 307 g/mol. The molecule has 0 amide bonds. The van der Waals surface area contributed by atoms with Gasteiger partial charge in [-0.25, -0.2) is 14.3 Å². The number of hydrogen-bond acceptors (Lipinski definition) is 6. The topological polar surface area (TPSA) is 78.9 Å². The Morgan fingerprint density at radius 3 is 2.83 bits per heavy atom. The normalized spacial score (nSPS) is 11.0. The Bertz CT molecular complexity index is 946. The van der Waals surface area contributed by atoms with E-state index in [1.165, 1.54) is 6.33 Å². The van der Waals surface area contributed by atoms with E-state index >= 15 is 0 Å². The molecule has 0 aliphatic heterocycles. The van der Waals surface area contributed by atoms with E-state index in [-0.39, 0.29) is 0 Å². The van der Waals surface area contributed by atoms with Crippen LogP contribution in [0.3, 0.4) is 0 Å². The molecule has 114 valence electrons. The first kappa shape index (κ1) is 13.4. The van der Waals surface area contributed by atoms with E-state index in [9.17, 15) is 0 Å². The molecular formula is C16H13N5O2. The van der Waals surface area contributed by atoms with Crippen molar-refractivity contribution in [3.8, 4) is 16.9 Å². The Kier molecular flexibility index (Phi) is 3.23. The van der Waals surface area contributed by atoms with Crippen LogP contribution in [0.5, 0.6) is 5.75 Å². The molecule has 0 atom stereocenters. The van der Waals surface area contributed by atoms with Crippen molar-refractivity contribution in [1.82, 2.24) is 25.1 Å². The first-order valence-electron chi connectivity index (χ1n) is 7.05. The summed E-state index contributed by atoms with van der Waals surface area (Å²) in [6.07, 6.45) is 3.22. The predicted molar refractivity (Wildman–Crippen MR) is 82.9 cm³/mol. The molecule has 0 fully saturated rings. The third-order valence-electron chi connectivity index (χ3n) is 3.64. The van der Waals surface area contributed by atoms with Gasteiger partial charge in [0.05, 0.1) is 13.7 Å². The van der Waals surface area contributed by atoms with Crippen LogP contribution in [-0.4, -0.2) is 32.2 Å². The third kappa shape index (κ3) is 2.52. The van der Waals surface area contributed by atoms with Crippen molar-refractivity contribution in [1.29, 1.82) is 0 Å². The van der Waals surface area contributed by atoms with Crippen molar-refractivity contribution in [3.05, 3.63) is 54.6 Å². The number of benzene rings is 2. The molecule has 0 spiro atoms. The minimum atomic E-state index is 0.644. The van der Waals surface area contributed by atoms with Crippen LogP contribution in [-0.2, 0) is 6.54 Å². The van der Waals surface area contributed by atoms with Crippen molar-refractivity contribution in [2.75, 3.05) is 7.11 Å². The van der Waals surface area contributed by atoms with Gasteiger partial charge in [0.1, 0.15) is 29.4 Å². The highest BCUT2D eigenvalue weighted by Crippen LogP contribution is 2.32. The third-order valence-corrected chi connectivity index (χ3v) is 3.64. The van der Waals surface area contributed by atoms with Crippen LogP contribution in [0.1, 0.15) is 5.56 Å². The summed E-state index contributed by atoms with van der Waals surface area (Å²) in [4.78, 5) is 3.96. The summed E-state index contributed by atoms with van der Waals surface area (Å²) in [5, 5.41) is 11.9. The molecule has 0 N–H and O–H groups in total. The van der Waals surface area contributed by atoms with Crippen LogP contribution in [0.4, 0.5) is 0 Å². The molecule has 0 saturated carbocycles. The predicted octanol–water partition coefficient (Wildman–Crippen LogP) is 2.54. The molecule has 4 aromatic rings. The smallest absolute Gasteiger partial charge is 0.137 e. The molecule has 7 heteroatoms. The van der Waals surface area contributed by atoms with Crippen LogP contribution in [0, 0.1) is 0 Å². The van der Waals surface area contributed by atoms with Gasteiger partial charge < -0.3 is 4.74 Å². The SMILES string of the molecule is COc1ccc(Cn2cncn2)cc1-c1ccc2nonc2c1. The first-order valence-corrected chi connectivity index (χ1v) is 7.05. The summed E-state index contributed by atoms with van der Waals surface area (Å²) < 4.78 is 12.0. The Morgan fingerprint density at radius 1 is 1.09 bits per heavy atom. The highest BCUT2D eigenvalue weighted by molar-refractivity contribution is 5.82. The number of aromatic nitrogens is 5. The van der Waals surface area contributed by atoms with Gasteiger partial charge in [-0.1, -0.05) is 12.1 Å². The van der Waals surface area contributed by atoms with Crippen molar-refractivity contribution in [2.45, 2.75) is 6.54 Å². The van der Waals surface area contributed by atoms with Gasteiger partial charge >= 0.3 is 0 Å². The first-order chi connectivity index (χ1) is 11.3. The minimum absolute atomic E-state index is 0.644. The van der Waals surface area contributed by atoms with E-state index in [0.29, 0.717) is 12.1 Å². The fourth-order valence-electron chi connectivity index (χ4n) is 2.53. The molecule has 2 aromatic carbocycles. The summed E-state index contributed by atoms with van der Waals surface area (Å²) in [5.74, 6) is 0.795. The van der Waals surface area contributed by atoms with Crippen molar-refractivity contribution >= 4 is 11.0 Å². The lowest BCUT2D eigenvalue weighted by Gasteiger charge is -2.11. The van der Waals surface area contributed by atoms with E-state index in [1.807, 2.05) is 30.3 Å². The van der Waals surface area contributed by atoms with E-state index in [2.05, 4.69) is 26.5 Å². The summed E-state index contributed by atoms with van der Waals surface area (Å²) in [7, 11) is 1.66. The highest BCUT2D eigenvalue weighted by Gasteiger charge is 2.10. The molecule has 2 aromatic heterocycles. The fraction of sp³-hybridized carbons (Fsp3) is 0.125. The Labute approximate surface area is 131 Å². The Hall–Kier alpha value is -3.22. The van der Waals surface area contributed by atoms with E-state index in [0.717, 1.165) is 28.0 Å². The lowest BCUT2D eigenvalue weighted by molar-refractivity contribution is 0.315. The number of rotatable bonds is 4. The zero-order valence-corrected chi connectivity index (χ0v) is 12.4. The summed E-state index contributed by atoms with van der Waals surface area (Å²) in [6.45, 7) is 0.644. The number of methoxy groups -OCH3 is 1. The zero-order chi connectivity index (χ0) is 15.6. The average molecular weight is 307 g/mol.